The molecule has 0 amide bonds. The van der Waals surface area contributed by atoms with Gasteiger partial charge in [0.2, 0.25) is 0 Å². The highest BCUT2D eigenvalue weighted by Gasteiger charge is 2.10. The van der Waals surface area contributed by atoms with Crippen molar-refractivity contribution in [2.24, 2.45) is 0 Å². The van der Waals surface area contributed by atoms with E-state index in [9.17, 15) is 4.79 Å². The fraction of sp³-hybridized carbons (Fsp3) is 0.636. The van der Waals surface area contributed by atoms with E-state index in [-0.39, 0.29) is 12.4 Å². The number of anilines is 1. The van der Waals surface area contributed by atoms with Gasteiger partial charge in [0, 0.05) is 25.6 Å². The molecule has 0 aliphatic carbocycles. The summed E-state index contributed by atoms with van der Waals surface area (Å²) in [5.74, 6) is -0.265. The number of aromatic nitrogens is 1. The highest BCUT2D eigenvalue weighted by Crippen LogP contribution is 2.19. The van der Waals surface area contributed by atoms with E-state index in [1.54, 1.807) is 0 Å². The van der Waals surface area contributed by atoms with Crippen LogP contribution < -0.4 is 4.90 Å². The number of thiazole rings is 1. The number of esters is 1. The van der Waals surface area contributed by atoms with Crippen molar-refractivity contribution >= 4 is 22.4 Å². The topological polar surface area (TPSA) is 51.7 Å². The molecule has 0 saturated carbocycles. The molecule has 0 saturated heterocycles. The summed E-state index contributed by atoms with van der Waals surface area (Å²) in [7, 11) is 3.34. The van der Waals surface area contributed by atoms with Gasteiger partial charge in [-0.25, -0.2) is 4.98 Å². The monoisotopic (exact) mass is 258 g/mol. The molecule has 0 aliphatic heterocycles. The molecule has 0 aromatic carbocycles. The number of ether oxygens (including phenoxy) is 2. The summed E-state index contributed by atoms with van der Waals surface area (Å²) in [5, 5.41) is 2.77. The molecule has 0 N–H and O–H groups in total. The van der Waals surface area contributed by atoms with Crippen LogP contribution in [-0.2, 0) is 20.7 Å². The molecule has 0 bridgehead atoms. The van der Waals surface area contributed by atoms with E-state index in [1.165, 1.54) is 18.4 Å². The molecule has 1 aromatic rings. The van der Waals surface area contributed by atoms with E-state index in [1.807, 2.05) is 24.3 Å². The molecule has 1 aromatic heterocycles. The summed E-state index contributed by atoms with van der Waals surface area (Å²) in [4.78, 5) is 17.5. The van der Waals surface area contributed by atoms with Crippen molar-refractivity contribution < 1.29 is 14.3 Å². The van der Waals surface area contributed by atoms with E-state index < -0.39 is 0 Å². The molecular formula is C11H18N2O3S. The van der Waals surface area contributed by atoms with Crippen LogP contribution in [0.5, 0.6) is 0 Å². The molecule has 1 heterocycles. The van der Waals surface area contributed by atoms with Crippen LogP contribution in [-0.4, -0.2) is 44.9 Å². The van der Waals surface area contributed by atoms with Crippen molar-refractivity contribution in [3.63, 3.8) is 0 Å². The van der Waals surface area contributed by atoms with Gasteiger partial charge in [-0.15, -0.1) is 11.3 Å². The van der Waals surface area contributed by atoms with Crippen LogP contribution in [0.15, 0.2) is 5.38 Å². The molecule has 0 spiro atoms. The first kappa shape index (κ1) is 13.9. The number of likely N-dealkylation sites (N-methyl/N-ethyl adjacent to an activating group) is 1. The van der Waals surface area contributed by atoms with E-state index in [0.717, 1.165) is 24.0 Å². The molecule has 5 nitrogen and oxygen atoms in total. The number of hydrogen-bond acceptors (Lipinski definition) is 6. The summed E-state index contributed by atoms with van der Waals surface area (Å²) in [6, 6.07) is 0. The third-order valence-corrected chi connectivity index (χ3v) is 3.20. The van der Waals surface area contributed by atoms with Crippen molar-refractivity contribution in [3.8, 4) is 0 Å². The fourth-order valence-electron chi connectivity index (χ4n) is 1.21. The van der Waals surface area contributed by atoms with Crippen molar-refractivity contribution in [1.82, 2.24) is 4.98 Å². The Balaban J connectivity index is 2.46. The lowest BCUT2D eigenvalue weighted by atomic mass is 10.3. The first-order valence-corrected chi connectivity index (χ1v) is 6.35. The van der Waals surface area contributed by atoms with Gasteiger partial charge >= 0.3 is 5.97 Å². The summed E-state index contributed by atoms with van der Waals surface area (Å²) in [6.07, 6.45) is 0.228. The average Bonchev–Trinajstić information content (AvgIpc) is 2.77. The fourth-order valence-corrected chi connectivity index (χ4v) is 2.03. The molecule has 96 valence electrons. The van der Waals surface area contributed by atoms with Crippen LogP contribution in [0.4, 0.5) is 5.13 Å². The molecule has 0 fully saturated rings. The van der Waals surface area contributed by atoms with Gasteiger partial charge in [0.25, 0.3) is 0 Å². The average molecular weight is 258 g/mol. The van der Waals surface area contributed by atoms with Crippen molar-refractivity contribution in [1.29, 1.82) is 0 Å². The van der Waals surface area contributed by atoms with Crippen LogP contribution in [0, 0.1) is 0 Å². The Hall–Kier alpha value is -1.14. The van der Waals surface area contributed by atoms with Crippen LogP contribution in [0.2, 0.25) is 0 Å². The first-order chi connectivity index (χ1) is 8.17. The second-order valence-electron chi connectivity index (χ2n) is 3.49. The van der Waals surface area contributed by atoms with Crippen LogP contribution in [0.25, 0.3) is 0 Å². The summed E-state index contributed by atoms with van der Waals surface area (Å²) >= 11 is 1.52. The van der Waals surface area contributed by atoms with Gasteiger partial charge in [-0.3, -0.25) is 4.79 Å². The maximum atomic E-state index is 11.1. The Morgan fingerprint density at radius 1 is 1.59 bits per heavy atom. The van der Waals surface area contributed by atoms with Gasteiger partial charge in [0.1, 0.15) is 0 Å². The lowest BCUT2D eigenvalue weighted by molar-refractivity contribution is -0.139. The first-order valence-electron chi connectivity index (χ1n) is 5.47. The lowest BCUT2D eigenvalue weighted by Crippen LogP contribution is -2.22. The molecule has 0 atom stereocenters. The van der Waals surface area contributed by atoms with Crippen LogP contribution >= 0.6 is 11.3 Å². The van der Waals surface area contributed by atoms with E-state index in [2.05, 4.69) is 9.72 Å². The number of hydrogen-bond donors (Lipinski definition) is 0. The number of carbonyl (C=O) groups excluding carboxylic acids is 1. The number of methoxy groups -OCH3 is 1. The Labute approximate surface area is 105 Å². The second kappa shape index (κ2) is 7.24. The van der Waals surface area contributed by atoms with Gasteiger partial charge in [-0.2, -0.15) is 0 Å². The van der Waals surface area contributed by atoms with E-state index in [0.29, 0.717) is 6.61 Å². The van der Waals surface area contributed by atoms with Gasteiger partial charge in [0.05, 0.1) is 25.8 Å². The zero-order valence-corrected chi connectivity index (χ0v) is 11.2. The Morgan fingerprint density at radius 2 is 2.35 bits per heavy atom. The Morgan fingerprint density at radius 3 is 3.00 bits per heavy atom. The molecule has 17 heavy (non-hydrogen) atoms. The molecule has 1 rings (SSSR count). The van der Waals surface area contributed by atoms with Crippen molar-refractivity contribution in [3.05, 3.63) is 11.1 Å². The molecule has 6 heteroatoms. The largest absolute Gasteiger partial charge is 0.469 e. The van der Waals surface area contributed by atoms with Gasteiger partial charge in [0.15, 0.2) is 5.13 Å². The highest BCUT2D eigenvalue weighted by molar-refractivity contribution is 7.13. The number of rotatable bonds is 7. The van der Waals surface area contributed by atoms with E-state index >= 15 is 0 Å². The Kier molecular flexibility index (Phi) is 5.93. The second-order valence-corrected chi connectivity index (χ2v) is 4.33. The number of carbonyl (C=O) groups is 1. The lowest BCUT2D eigenvalue weighted by Gasteiger charge is -2.14. The molecule has 0 unspecified atom stereocenters. The van der Waals surface area contributed by atoms with Crippen LogP contribution in [0.1, 0.15) is 12.6 Å². The van der Waals surface area contributed by atoms with Crippen molar-refractivity contribution in [2.75, 3.05) is 38.8 Å². The SMILES string of the molecule is CCOCCN(C)c1nc(CC(=O)OC)cs1. The standard InChI is InChI=1S/C11H18N2O3S/c1-4-16-6-5-13(2)11-12-9(8-17-11)7-10(14)15-3/h8H,4-7H2,1-3H3. The summed E-state index contributed by atoms with van der Waals surface area (Å²) < 4.78 is 9.87. The highest BCUT2D eigenvalue weighted by atomic mass is 32.1. The normalized spacial score (nSPS) is 10.3. The third kappa shape index (κ3) is 4.70. The Bertz CT molecular complexity index is 354. The van der Waals surface area contributed by atoms with Gasteiger partial charge in [-0.05, 0) is 6.92 Å². The quantitative estimate of drug-likeness (QED) is 0.545. The summed E-state index contributed by atoms with van der Waals surface area (Å²) in [5.41, 5.74) is 0.750. The number of nitrogens with zero attached hydrogens (tertiary/aromatic N) is 2. The van der Waals surface area contributed by atoms with Gasteiger partial charge < -0.3 is 14.4 Å². The van der Waals surface area contributed by atoms with Crippen LogP contribution in [0.3, 0.4) is 0 Å². The van der Waals surface area contributed by atoms with E-state index in [4.69, 9.17) is 4.74 Å². The smallest absolute Gasteiger partial charge is 0.311 e. The predicted molar refractivity (Wildman–Crippen MR) is 67.6 cm³/mol. The zero-order chi connectivity index (χ0) is 12.7. The maximum absolute atomic E-state index is 11.1. The van der Waals surface area contributed by atoms with Crippen molar-refractivity contribution in [2.45, 2.75) is 13.3 Å². The van der Waals surface area contributed by atoms with Gasteiger partial charge in [-0.1, -0.05) is 0 Å². The molecule has 0 aliphatic rings. The molecule has 0 radical (unpaired) electrons. The minimum atomic E-state index is -0.265. The maximum Gasteiger partial charge on any atom is 0.311 e. The summed E-state index contributed by atoms with van der Waals surface area (Å²) in [6.45, 7) is 4.16. The zero-order valence-electron chi connectivity index (χ0n) is 10.4. The minimum Gasteiger partial charge on any atom is -0.469 e. The minimum absolute atomic E-state index is 0.228. The predicted octanol–water partition coefficient (Wildman–Crippen LogP) is 1.33. The third-order valence-electron chi connectivity index (χ3n) is 2.19. The molecular weight excluding hydrogens is 240 g/mol.